The number of esters is 1. The van der Waals surface area contributed by atoms with Crippen LogP contribution in [-0.4, -0.2) is 18.5 Å². The number of benzene rings is 2. The van der Waals surface area contributed by atoms with Gasteiger partial charge in [-0.3, -0.25) is 4.79 Å². The van der Waals surface area contributed by atoms with Gasteiger partial charge in [0, 0.05) is 11.1 Å². The highest BCUT2D eigenvalue weighted by molar-refractivity contribution is 6.30. The summed E-state index contributed by atoms with van der Waals surface area (Å²) < 4.78 is 18.3. The summed E-state index contributed by atoms with van der Waals surface area (Å²) in [7, 11) is 0. The molecule has 0 saturated carbocycles. The monoisotopic (exact) mass is 358 g/mol. The maximum absolute atomic E-state index is 13.5. The highest BCUT2D eigenvalue weighted by Crippen LogP contribution is 2.18. The smallest absolute Gasteiger partial charge is 0.331 e. The maximum atomic E-state index is 13.5. The summed E-state index contributed by atoms with van der Waals surface area (Å²) in [5.41, 5.74) is 1.15. The van der Waals surface area contributed by atoms with Crippen LogP contribution in [0.4, 0.5) is 10.1 Å². The average Bonchev–Trinajstić information content (AvgIpc) is 2.61. The van der Waals surface area contributed by atoms with Crippen molar-refractivity contribution in [3.05, 3.63) is 70.5 Å². The van der Waals surface area contributed by atoms with Crippen LogP contribution in [0.25, 0.3) is 6.08 Å². The van der Waals surface area contributed by atoms with Crippen LogP contribution in [0.2, 0.25) is 5.02 Å². The molecule has 0 spiro atoms. The lowest BCUT2D eigenvalue weighted by Gasteiger charge is -2.06. The third kappa shape index (κ3) is 5.75. The van der Waals surface area contributed by atoms with Gasteiger partial charge in [0.2, 0.25) is 0 Å². The molecule has 0 atom stereocenters. The number of nitrogens with zero attached hydrogens (tertiary/aromatic N) is 1. The molecule has 1 N–H and O–H groups in total. The van der Waals surface area contributed by atoms with E-state index in [2.05, 4.69) is 5.32 Å². The summed E-state index contributed by atoms with van der Waals surface area (Å²) in [6.07, 6.45) is 2.64. The standard InChI is InChI=1S/C18H12ClFN2O3/c19-14-6-7-16(15(20)9-14)22-17(23)11-25-18(24)8-5-12-1-3-13(10-21)4-2-12/h1-9H,11H2,(H,22,23)/b8-5+. The Balaban J connectivity index is 1.83. The van der Waals surface area contributed by atoms with E-state index in [9.17, 15) is 14.0 Å². The highest BCUT2D eigenvalue weighted by atomic mass is 35.5. The molecule has 0 aliphatic rings. The molecule has 25 heavy (non-hydrogen) atoms. The van der Waals surface area contributed by atoms with Gasteiger partial charge in [0.1, 0.15) is 5.82 Å². The van der Waals surface area contributed by atoms with Crippen LogP contribution < -0.4 is 5.32 Å². The van der Waals surface area contributed by atoms with Crippen LogP contribution >= 0.6 is 11.6 Å². The zero-order valence-corrected chi connectivity index (χ0v) is 13.6. The van der Waals surface area contributed by atoms with Gasteiger partial charge < -0.3 is 10.1 Å². The Hall–Kier alpha value is -3.17. The Bertz CT molecular complexity index is 858. The van der Waals surface area contributed by atoms with Crippen LogP contribution in [0.5, 0.6) is 0 Å². The Labute approximate surface area is 148 Å². The van der Waals surface area contributed by atoms with Crippen molar-refractivity contribution in [2.45, 2.75) is 0 Å². The van der Waals surface area contributed by atoms with Gasteiger partial charge in [0.15, 0.2) is 6.61 Å². The van der Waals surface area contributed by atoms with Gasteiger partial charge in [-0.05, 0) is 42.0 Å². The molecule has 2 aromatic carbocycles. The normalized spacial score (nSPS) is 10.3. The summed E-state index contributed by atoms with van der Waals surface area (Å²) in [6.45, 7) is -0.557. The molecular formula is C18H12ClFN2O3. The fourth-order valence-electron chi connectivity index (χ4n) is 1.79. The largest absolute Gasteiger partial charge is 0.452 e. The van der Waals surface area contributed by atoms with E-state index < -0.39 is 24.3 Å². The maximum Gasteiger partial charge on any atom is 0.331 e. The number of anilines is 1. The molecule has 126 valence electrons. The van der Waals surface area contributed by atoms with Crippen LogP contribution in [0.3, 0.4) is 0 Å². The number of nitriles is 1. The minimum absolute atomic E-state index is 0.0569. The van der Waals surface area contributed by atoms with Gasteiger partial charge in [0.05, 0.1) is 17.3 Å². The third-order valence-corrected chi connectivity index (χ3v) is 3.24. The van der Waals surface area contributed by atoms with Crippen molar-refractivity contribution in [2.24, 2.45) is 0 Å². The molecule has 0 radical (unpaired) electrons. The molecule has 5 nitrogen and oxygen atoms in total. The van der Waals surface area contributed by atoms with E-state index in [4.69, 9.17) is 21.6 Å². The number of halogens is 2. The number of amides is 1. The van der Waals surface area contributed by atoms with Crippen molar-refractivity contribution in [1.29, 1.82) is 5.26 Å². The molecule has 0 heterocycles. The highest BCUT2D eigenvalue weighted by Gasteiger charge is 2.09. The van der Waals surface area contributed by atoms with Crippen LogP contribution in [-0.2, 0) is 14.3 Å². The van der Waals surface area contributed by atoms with E-state index in [1.807, 2.05) is 6.07 Å². The summed E-state index contributed by atoms with van der Waals surface area (Å²) in [6, 6.07) is 12.3. The van der Waals surface area contributed by atoms with Crippen LogP contribution in [0.1, 0.15) is 11.1 Å². The first-order valence-electron chi connectivity index (χ1n) is 7.08. The lowest BCUT2D eigenvalue weighted by molar-refractivity contribution is -0.142. The quantitative estimate of drug-likeness (QED) is 0.655. The van der Waals surface area contributed by atoms with Crippen molar-refractivity contribution >= 4 is 35.2 Å². The Morgan fingerprint density at radius 1 is 1.24 bits per heavy atom. The molecule has 2 rings (SSSR count). The van der Waals surface area contributed by atoms with Crippen molar-refractivity contribution in [3.8, 4) is 6.07 Å². The second-order valence-electron chi connectivity index (χ2n) is 4.85. The number of rotatable bonds is 5. The van der Waals surface area contributed by atoms with E-state index in [-0.39, 0.29) is 10.7 Å². The summed E-state index contributed by atoms with van der Waals surface area (Å²) in [5.74, 6) is -2.09. The third-order valence-electron chi connectivity index (χ3n) is 3.00. The minimum atomic E-state index is -0.726. The first-order chi connectivity index (χ1) is 12.0. The fraction of sp³-hybridized carbons (Fsp3) is 0.0556. The van der Waals surface area contributed by atoms with E-state index in [1.54, 1.807) is 24.3 Å². The van der Waals surface area contributed by atoms with E-state index in [1.165, 1.54) is 18.2 Å². The molecule has 0 aromatic heterocycles. The number of carbonyl (C=O) groups is 2. The SMILES string of the molecule is N#Cc1ccc(/C=C/C(=O)OCC(=O)Nc2ccc(Cl)cc2F)cc1. The van der Waals surface area contributed by atoms with Crippen molar-refractivity contribution in [3.63, 3.8) is 0 Å². The molecule has 0 fully saturated rings. The topological polar surface area (TPSA) is 79.2 Å². The van der Waals surface area contributed by atoms with Gasteiger partial charge in [0.25, 0.3) is 5.91 Å². The number of hydrogen-bond acceptors (Lipinski definition) is 4. The molecule has 0 aliphatic carbocycles. The molecule has 1 amide bonds. The first-order valence-corrected chi connectivity index (χ1v) is 7.45. The zero-order valence-electron chi connectivity index (χ0n) is 12.8. The molecule has 0 aliphatic heterocycles. The predicted molar refractivity (Wildman–Crippen MR) is 91.2 cm³/mol. The average molecular weight is 359 g/mol. The number of carbonyl (C=O) groups excluding carboxylic acids is 2. The van der Waals surface area contributed by atoms with Gasteiger partial charge in [-0.15, -0.1) is 0 Å². The Kier molecular flexibility index (Phi) is 6.26. The lowest BCUT2D eigenvalue weighted by atomic mass is 10.1. The van der Waals surface area contributed by atoms with Crippen molar-refractivity contribution < 1.29 is 18.7 Å². The number of nitrogens with one attached hydrogen (secondary N) is 1. The van der Waals surface area contributed by atoms with Crippen LogP contribution in [0, 0.1) is 17.1 Å². The van der Waals surface area contributed by atoms with Gasteiger partial charge >= 0.3 is 5.97 Å². The summed E-state index contributed by atoms with van der Waals surface area (Å²) in [5, 5.41) is 11.2. The first kappa shape index (κ1) is 18.2. The second-order valence-corrected chi connectivity index (χ2v) is 5.28. The van der Waals surface area contributed by atoms with Crippen LogP contribution in [0.15, 0.2) is 48.5 Å². The van der Waals surface area contributed by atoms with E-state index >= 15 is 0 Å². The molecule has 7 heteroatoms. The molecule has 0 unspecified atom stereocenters. The number of ether oxygens (including phenoxy) is 1. The predicted octanol–water partition coefficient (Wildman–Crippen LogP) is 3.55. The Morgan fingerprint density at radius 2 is 1.96 bits per heavy atom. The van der Waals surface area contributed by atoms with Gasteiger partial charge in [-0.1, -0.05) is 23.7 Å². The van der Waals surface area contributed by atoms with Crippen molar-refractivity contribution in [1.82, 2.24) is 0 Å². The summed E-state index contributed by atoms with van der Waals surface area (Å²) >= 11 is 5.61. The molecule has 0 saturated heterocycles. The van der Waals surface area contributed by atoms with E-state index in [0.717, 1.165) is 12.1 Å². The van der Waals surface area contributed by atoms with E-state index in [0.29, 0.717) is 11.1 Å². The second kappa shape index (κ2) is 8.62. The lowest BCUT2D eigenvalue weighted by Crippen LogP contribution is -2.20. The Morgan fingerprint density at radius 3 is 2.60 bits per heavy atom. The molecule has 0 bridgehead atoms. The fourth-order valence-corrected chi connectivity index (χ4v) is 1.95. The minimum Gasteiger partial charge on any atom is -0.452 e. The zero-order chi connectivity index (χ0) is 18.2. The van der Waals surface area contributed by atoms with Gasteiger partial charge in [-0.25, -0.2) is 9.18 Å². The summed E-state index contributed by atoms with van der Waals surface area (Å²) in [4.78, 5) is 23.2. The van der Waals surface area contributed by atoms with Crippen molar-refractivity contribution in [2.75, 3.05) is 11.9 Å². The molecular weight excluding hydrogens is 347 g/mol. The van der Waals surface area contributed by atoms with Gasteiger partial charge in [-0.2, -0.15) is 5.26 Å². The number of hydrogen-bond donors (Lipinski definition) is 1. The molecule has 2 aromatic rings.